The molecule has 1 aromatic heterocycles. The fraction of sp³-hybridized carbons (Fsp3) is 0.174. The number of methoxy groups -OCH3 is 2. The number of fused-ring (bicyclic) bond motifs is 3. The van der Waals surface area contributed by atoms with Gasteiger partial charge < -0.3 is 14.0 Å². The second-order valence-electron chi connectivity index (χ2n) is 6.74. The van der Waals surface area contributed by atoms with Gasteiger partial charge in [0.15, 0.2) is 17.3 Å². The second kappa shape index (κ2) is 7.28. The molecule has 0 aliphatic carbocycles. The van der Waals surface area contributed by atoms with E-state index in [0.717, 1.165) is 11.1 Å². The van der Waals surface area contributed by atoms with Crippen LogP contribution in [0.15, 0.2) is 48.5 Å². The molecule has 0 bridgehead atoms. The van der Waals surface area contributed by atoms with E-state index >= 15 is 0 Å². The number of pyridine rings is 1. The molecule has 0 radical (unpaired) electrons. The number of hydrogen-bond acceptors (Lipinski definition) is 5. The third kappa shape index (κ3) is 2.97. The Hall–Kier alpha value is -3.85. The highest BCUT2D eigenvalue weighted by Gasteiger charge is 2.25. The topological polar surface area (TPSA) is 88.1 Å². The van der Waals surface area contributed by atoms with Crippen molar-refractivity contribution in [2.45, 2.75) is 13.0 Å². The van der Waals surface area contributed by atoms with Gasteiger partial charge in [-0.15, -0.1) is 0 Å². The molecule has 2 aromatic carbocycles. The number of benzene rings is 2. The van der Waals surface area contributed by atoms with Crippen LogP contribution in [0.5, 0.6) is 11.5 Å². The minimum atomic E-state index is -0.263. The van der Waals surface area contributed by atoms with E-state index in [2.05, 4.69) is 6.07 Å². The lowest BCUT2D eigenvalue weighted by Crippen LogP contribution is -2.32. The number of carbonyl (C=O) groups excluding carboxylic acids is 1. The van der Waals surface area contributed by atoms with Gasteiger partial charge in [0, 0.05) is 17.7 Å². The summed E-state index contributed by atoms with van der Waals surface area (Å²) in [4.78, 5) is 13.0. The van der Waals surface area contributed by atoms with Crippen LogP contribution in [0.25, 0.3) is 11.3 Å². The van der Waals surface area contributed by atoms with Crippen molar-refractivity contribution in [3.8, 4) is 28.8 Å². The minimum absolute atomic E-state index is 0.105. The number of ether oxygens (including phenoxy) is 2. The normalized spacial score (nSPS) is 11.8. The molecule has 6 nitrogen and oxygen atoms in total. The SMILES string of the molecule is COc1cc2c(cc1OC)-c1c(C#N)cc(C(=O)c3ccccc3)c(=N)n1CC2. The van der Waals surface area contributed by atoms with E-state index in [-0.39, 0.29) is 16.8 Å². The summed E-state index contributed by atoms with van der Waals surface area (Å²) >= 11 is 0. The Balaban J connectivity index is 1.95. The average Bonchev–Trinajstić information content (AvgIpc) is 2.78. The maximum absolute atomic E-state index is 13.0. The number of ketones is 1. The van der Waals surface area contributed by atoms with Crippen molar-refractivity contribution in [3.63, 3.8) is 0 Å². The molecular weight excluding hydrogens is 366 g/mol. The van der Waals surface area contributed by atoms with Gasteiger partial charge in [0.2, 0.25) is 0 Å². The van der Waals surface area contributed by atoms with Crippen molar-refractivity contribution in [2.75, 3.05) is 14.2 Å². The summed E-state index contributed by atoms with van der Waals surface area (Å²) in [7, 11) is 3.14. The lowest BCUT2D eigenvalue weighted by molar-refractivity contribution is 0.103. The predicted octanol–water partition coefficient (Wildman–Crippen LogP) is 3.31. The zero-order chi connectivity index (χ0) is 20.5. The van der Waals surface area contributed by atoms with Crippen molar-refractivity contribution in [3.05, 3.63) is 76.3 Å². The molecule has 0 amide bonds. The summed E-state index contributed by atoms with van der Waals surface area (Å²) in [5.74, 6) is 0.917. The molecule has 0 unspecified atom stereocenters. The Morgan fingerprint density at radius 2 is 1.79 bits per heavy atom. The van der Waals surface area contributed by atoms with Crippen molar-refractivity contribution in [2.24, 2.45) is 0 Å². The fourth-order valence-electron chi connectivity index (χ4n) is 3.78. The highest BCUT2D eigenvalue weighted by atomic mass is 16.5. The number of rotatable bonds is 4. The van der Waals surface area contributed by atoms with Crippen LogP contribution < -0.4 is 15.0 Å². The summed E-state index contributed by atoms with van der Waals surface area (Å²) < 4.78 is 12.6. The molecule has 0 fully saturated rings. The van der Waals surface area contributed by atoms with Gasteiger partial charge in [-0.3, -0.25) is 10.2 Å². The standard InChI is InChI=1S/C23H19N3O3/c1-28-19-11-15-8-9-26-21(17(15)12-20(19)29-2)16(13-24)10-18(23(26)25)22(27)14-6-4-3-5-7-14/h3-7,10-12,25H,8-9H2,1-2H3. The molecule has 1 aliphatic heterocycles. The Morgan fingerprint density at radius 1 is 1.10 bits per heavy atom. The number of aryl methyl sites for hydroxylation is 1. The average molecular weight is 385 g/mol. The Kier molecular flexibility index (Phi) is 4.65. The highest BCUT2D eigenvalue weighted by molar-refractivity contribution is 6.09. The molecule has 29 heavy (non-hydrogen) atoms. The van der Waals surface area contributed by atoms with Crippen LogP contribution in [0.4, 0.5) is 0 Å². The van der Waals surface area contributed by atoms with Crippen LogP contribution >= 0.6 is 0 Å². The summed E-state index contributed by atoms with van der Waals surface area (Å²) in [5.41, 5.74) is 3.64. The van der Waals surface area contributed by atoms with Crippen LogP contribution in [-0.2, 0) is 13.0 Å². The van der Waals surface area contributed by atoms with Gasteiger partial charge in [-0.2, -0.15) is 5.26 Å². The highest BCUT2D eigenvalue weighted by Crippen LogP contribution is 2.39. The molecule has 2 heterocycles. The van der Waals surface area contributed by atoms with Gasteiger partial charge in [-0.05, 0) is 30.2 Å². The van der Waals surface area contributed by atoms with Crippen molar-refractivity contribution >= 4 is 5.78 Å². The van der Waals surface area contributed by atoms with Crippen LogP contribution in [0.3, 0.4) is 0 Å². The zero-order valence-corrected chi connectivity index (χ0v) is 16.2. The summed E-state index contributed by atoms with van der Waals surface area (Å²) in [6.07, 6.45) is 0.660. The molecule has 3 aromatic rings. The Morgan fingerprint density at radius 3 is 2.45 bits per heavy atom. The molecule has 1 N–H and O–H groups in total. The van der Waals surface area contributed by atoms with Gasteiger partial charge in [-0.1, -0.05) is 30.3 Å². The van der Waals surface area contributed by atoms with Gasteiger partial charge in [0.25, 0.3) is 0 Å². The van der Waals surface area contributed by atoms with Crippen LogP contribution in [0.2, 0.25) is 0 Å². The smallest absolute Gasteiger partial charge is 0.196 e. The van der Waals surface area contributed by atoms with E-state index in [4.69, 9.17) is 14.9 Å². The molecule has 0 saturated carbocycles. The number of nitrogens with one attached hydrogen (secondary N) is 1. The molecular formula is C23H19N3O3. The summed E-state index contributed by atoms with van der Waals surface area (Å²) in [6.45, 7) is 0.501. The fourth-order valence-corrected chi connectivity index (χ4v) is 3.78. The van der Waals surface area contributed by atoms with E-state index in [0.29, 0.717) is 41.3 Å². The zero-order valence-electron chi connectivity index (χ0n) is 16.2. The first-order valence-electron chi connectivity index (χ1n) is 9.16. The molecule has 144 valence electrons. The number of carbonyl (C=O) groups is 1. The second-order valence-corrected chi connectivity index (χ2v) is 6.74. The van der Waals surface area contributed by atoms with E-state index in [1.807, 2.05) is 18.2 Å². The largest absolute Gasteiger partial charge is 0.493 e. The van der Waals surface area contributed by atoms with Gasteiger partial charge >= 0.3 is 0 Å². The van der Waals surface area contributed by atoms with E-state index < -0.39 is 0 Å². The quantitative estimate of drug-likeness (QED) is 0.698. The van der Waals surface area contributed by atoms with Crippen LogP contribution in [0, 0.1) is 16.7 Å². The summed E-state index contributed by atoms with van der Waals surface area (Å²) in [6, 6.07) is 16.3. The van der Waals surface area contributed by atoms with Gasteiger partial charge in [-0.25, -0.2) is 0 Å². The van der Waals surface area contributed by atoms with Crippen molar-refractivity contribution < 1.29 is 14.3 Å². The first-order chi connectivity index (χ1) is 14.1. The number of aromatic nitrogens is 1. The lowest BCUT2D eigenvalue weighted by Gasteiger charge is -2.25. The predicted molar refractivity (Wildman–Crippen MR) is 107 cm³/mol. The number of hydrogen-bond donors (Lipinski definition) is 1. The maximum Gasteiger partial charge on any atom is 0.196 e. The molecule has 6 heteroatoms. The number of nitrogens with zero attached hydrogens (tertiary/aromatic N) is 2. The third-order valence-electron chi connectivity index (χ3n) is 5.21. The monoisotopic (exact) mass is 385 g/mol. The lowest BCUT2D eigenvalue weighted by atomic mass is 9.92. The molecule has 0 spiro atoms. The molecule has 4 rings (SSSR count). The van der Waals surface area contributed by atoms with E-state index in [9.17, 15) is 10.1 Å². The van der Waals surface area contributed by atoms with Crippen LogP contribution in [0.1, 0.15) is 27.0 Å². The Bertz CT molecular complexity index is 1220. The number of nitriles is 1. The molecule has 0 saturated heterocycles. The third-order valence-corrected chi connectivity index (χ3v) is 5.21. The van der Waals surface area contributed by atoms with Crippen molar-refractivity contribution in [1.29, 1.82) is 10.7 Å². The molecule has 1 aliphatic rings. The molecule has 0 atom stereocenters. The first kappa shape index (κ1) is 18.5. The van der Waals surface area contributed by atoms with Gasteiger partial charge in [0.1, 0.15) is 11.6 Å². The van der Waals surface area contributed by atoms with E-state index in [1.165, 1.54) is 6.07 Å². The summed E-state index contributed by atoms with van der Waals surface area (Å²) in [5, 5.41) is 18.5. The van der Waals surface area contributed by atoms with Gasteiger partial charge in [0.05, 0.1) is 31.0 Å². The van der Waals surface area contributed by atoms with Crippen LogP contribution in [-0.4, -0.2) is 24.6 Å². The maximum atomic E-state index is 13.0. The first-order valence-corrected chi connectivity index (χ1v) is 9.16. The minimum Gasteiger partial charge on any atom is -0.493 e. The Labute approximate surface area is 168 Å². The van der Waals surface area contributed by atoms with Crippen molar-refractivity contribution in [1.82, 2.24) is 4.57 Å². The van der Waals surface area contributed by atoms with E-state index in [1.54, 1.807) is 43.1 Å².